The Hall–Kier alpha value is -3.61. The van der Waals surface area contributed by atoms with Crippen LogP contribution in [0.4, 0.5) is 0 Å². The lowest BCUT2D eigenvalue weighted by Gasteiger charge is -2.37. The smallest absolute Gasteiger partial charge is 0.399 e. The summed E-state index contributed by atoms with van der Waals surface area (Å²) in [5.41, 5.74) is 8.54. The highest BCUT2D eigenvalue weighted by Crippen LogP contribution is 2.48. The molecule has 274 valence electrons. The number of allylic oxidation sites excluding steroid dienone is 20. The van der Waals surface area contributed by atoms with E-state index in [9.17, 15) is 0 Å². The molecule has 5 nitrogen and oxygen atoms in total. The molecule has 1 saturated carbocycles. The van der Waals surface area contributed by atoms with E-state index < -0.39 is 18.3 Å². The predicted molar refractivity (Wildman–Crippen MR) is 216 cm³/mol. The molecule has 0 amide bonds. The third kappa shape index (κ3) is 6.84. The third-order valence-electron chi connectivity index (χ3n) is 13.6. The van der Waals surface area contributed by atoms with Crippen molar-refractivity contribution in [3.8, 4) is 0 Å². The normalized spacial score (nSPS) is 30.6. The molecule has 0 aromatic carbocycles. The molecule has 9 rings (SSSR count). The van der Waals surface area contributed by atoms with E-state index in [1.165, 1.54) is 48.8 Å². The Labute approximate surface area is 317 Å². The van der Waals surface area contributed by atoms with Crippen molar-refractivity contribution in [2.24, 2.45) is 23.7 Å². The number of hydrogen-bond donors (Lipinski definition) is 0. The van der Waals surface area contributed by atoms with E-state index in [1.54, 1.807) is 11.1 Å². The van der Waals surface area contributed by atoms with Crippen molar-refractivity contribution in [3.05, 3.63) is 124 Å². The maximum atomic E-state index is 6.72. The molecule has 6 heteroatoms. The van der Waals surface area contributed by atoms with Gasteiger partial charge in [0.25, 0.3) is 0 Å². The Morgan fingerprint density at radius 2 is 1.49 bits per heavy atom. The molecule has 0 bridgehead atoms. The number of nitrogens with zero attached hydrogens (tertiary/aromatic N) is 3. The van der Waals surface area contributed by atoms with E-state index in [-0.39, 0.29) is 5.92 Å². The third-order valence-corrected chi connectivity index (χ3v) is 13.6. The zero-order valence-corrected chi connectivity index (χ0v) is 32.3. The van der Waals surface area contributed by atoms with Gasteiger partial charge in [-0.3, -0.25) is 0 Å². The van der Waals surface area contributed by atoms with E-state index >= 15 is 0 Å². The minimum atomic E-state index is -0.442. The van der Waals surface area contributed by atoms with E-state index in [0.29, 0.717) is 23.7 Å². The second-order valence-corrected chi connectivity index (χ2v) is 17.7. The van der Waals surface area contributed by atoms with Crippen LogP contribution in [0.25, 0.3) is 11.1 Å². The fourth-order valence-electron chi connectivity index (χ4n) is 9.84. The largest absolute Gasteiger partial charge is 0.494 e. The Balaban J connectivity index is 1.10. The van der Waals surface area contributed by atoms with Crippen molar-refractivity contribution in [1.29, 1.82) is 0 Å². The first kappa shape index (κ1) is 35.1. The van der Waals surface area contributed by atoms with Gasteiger partial charge in [0.2, 0.25) is 0 Å². The summed E-state index contributed by atoms with van der Waals surface area (Å²) < 4.78 is 13.4. The van der Waals surface area contributed by atoms with Crippen LogP contribution in [0, 0.1) is 23.7 Å². The molecule has 7 aliphatic carbocycles. The second-order valence-electron chi connectivity index (χ2n) is 17.7. The SMILES string of the molecule is CC1(C)OB(C2=CC(C3C=C(C4=CC5CCC=CC5C5=C4CCC=C5)C=CC3)CC(c3nc(C4=CCCC=C4)nc(C4CCCCC4)n3)=C2)OC1(C)C. The Kier molecular flexibility index (Phi) is 9.43. The zero-order valence-electron chi connectivity index (χ0n) is 32.3. The summed E-state index contributed by atoms with van der Waals surface area (Å²) in [4.78, 5) is 15.8. The topological polar surface area (TPSA) is 57.1 Å². The van der Waals surface area contributed by atoms with Gasteiger partial charge in [-0.05, 0) is 143 Å². The highest BCUT2D eigenvalue weighted by Gasteiger charge is 2.52. The van der Waals surface area contributed by atoms with Crippen LogP contribution in [0.1, 0.15) is 135 Å². The molecule has 1 aromatic heterocycles. The first-order valence-corrected chi connectivity index (χ1v) is 20.8. The van der Waals surface area contributed by atoms with E-state index in [4.69, 9.17) is 24.3 Å². The molecule has 4 atom stereocenters. The first-order valence-electron chi connectivity index (χ1n) is 20.8. The fourth-order valence-corrected chi connectivity index (χ4v) is 9.84. The lowest BCUT2D eigenvalue weighted by atomic mass is 9.66. The molecule has 1 aliphatic heterocycles. The van der Waals surface area contributed by atoms with Crippen molar-refractivity contribution in [2.75, 3.05) is 0 Å². The van der Waals surface area contributed by atoms with Crippen LogP contribution in [-0.2, 0) is 9.31 Å². The quantitative estimate of drug-likeness (QED) is 0.218. The Bertz CT molecular complexity index is 1940. The van der Waals surface area contributed by atoms with Crippen LogP contribution >= 0.6 is 0 Å². The van der Waals surface area contributed by atoms with E-state index in [0.717, 1.165) is 79.9 Å². The van der Waals surface area contributed by atoms with Crippen molar-refractivity contribution in [1.82, 2.24) is 15.0 Å². The van der Waals surface area contributed by atoms with Gasteiger partial charge in [0.15, 0.2) is 11.6 Å². The Morgan fingerprint density at radius 3 is 2.30 bits per heavy atom. The number of hydrogen-bond acceptors (Lipinski definition) is 5. The first-order chi connectivity index (χ1) is 25.7. The minimum Gasteiger partial charge on any atom is -0.399 e. The van der Waals surface area contributed by atoms with E-state index in [1.807, 2.05) is 0 Å². The monoisotopic (exact) mass is 705 g/mol. The van der Waals surface area contributed by atoms with Crippen molar-refractivity contribution in [2.45, 2.75) is 128 Å². The second kappa shape index (κ2) is 14.2. The average Bonchev–Trinajstić information content (AvgIpc) is 3.43. The molecule has 1 saturated heterocycles. The van der Waals surface area contributed by atoms with Gasteiger partial charge in [0, 0.05) is 17.4 Å². The molecule has 8 aliphatic rings. The van der Waals surface area contributed by atoms with Crippen LogP contribution in [0.5, 0.6) is 0 Å². The molecule has 0 spiro atoms. The summed E-state index contributed by atoms with van der Waals surface area (Å²) in [5.74, 6) is 4.72. The summed E-state index contributed by atoms with van der Waals surface area (Å²) in [7, 11) is -0.442. The summed E-state index contributed by atoms with van der Waals surface area (Å²) in [6.07, 6.45) is 46.0. The molecule has 1 aromatic rings. The predicted octanol–water partition coefficient (Wildman–Crippen LogP) is 11.3. The van der Waals surface area contributed by atoms with Gasteiger partial charge in [-0.1, -0.05) is 98.3 Å². The highest BCUT2D eigenvalue weighted by molar-refractivity contribution is 6.56. The summed E-state index contributed by atoms with van der Waals surface area (Å²) in [5, 5.41) is 0. The molecule has 2 heterocycles. The molecule has 0 N–H and O–H groups in total. The van der Waals surface area contributed by atoms with Crippen LogP contribution in [0.3, 0.4) is 0 Å². The van der Waals surface area contributed by atoms with Gasteiger partial charge < -0.3 is 9.31 Å². The van der Waals surface area contributed by atoms with Crippen LogP contribution < -0.4 is 0 Å². The summed E-state index contributed by atoms with van der Waals surface area (Å²) in [6.45, 7) is 8.59. The standard InChI is InChI=1S/C47H56BN3O2/c1-46(2)47(3,4)53-48(52-46)38-28-36(33-21-15-22-34(26-33)42-30-35-20-11-12-23-39(35)40-24-13-14-25-41(40)42)27-37(29-38)45-50-43(31-16-7-5-8-17-31)49-44(51-45)32-18-9-6-10-19-32/h7,12-13,15-17,22-24,26,28-30,32-33,35-36,39H,5-6,8-11,14,18-21,25,27H2,1-4H3. The average molecular weight is 706 g/mol. The maximum absolute atomic E-state index is 6.72. The van der Waals surface area contributed by atoms with Gasteiger partial charge >= 0.3 is 7.12 Å². The van der Waals surface area contributed by atoms with Crippen molar-refractivity contribution < 1.29 is 9.31 Å². The lowest BCUT2D eigenvalue weighted by molar-refractivity contribution is 0.00578. The zero-order chi connectivity index (χ0) is 36.2. The van der Waals surface area contributed by atoms with Crippen LogP contribution in [0.15, 0.2) is 107 Å². The number of rotatable bonds is 6. The van der Waals surface area contributed by atoms with Gasteiger partial charge in [0.05, 0.1) is 11.2 Å². The van der Waals surface area contributed by atoms with Gasteiger partial charge in [-0.25, -0.2) is 15.0 Å². The van der Waals surface area contributed by atoms with Crippen molar-refractivity contribution >= 4 is 18.3 Å². The number of fused-ring (bicyclic) bond motifs is 2. The van der Waals surface area contributed by atoms with Crippen molar-refractivity contribution in [3.63, 3.8) is 0 Å². The van der Waals surface area contributed by atoms with Gasteiger partial charge in [0.1, 0.15) is 5.82 Å². The molecule has 2 fully saturated rings. The number of aromatic nitrogens is 3. The summed E-state index contributed by atoms with van der Waals surface area (Å²) >= 11 is 0. The fraction of sp³-hybridized carbons (Fsp3) is 0.511. The highest BCUT2D eigenvalue weighted by atomic mass is 16.7. The van der Waals surface area contributed by atoms with Gasteiger partial charge in [-0.2, -0.15) is 0 Å². The van der Waals surface area contributed by atoms with E-state index in [2.05, 4.69) is 107 Å². The maximum Gasteiger partial charge on any atom is 0.494 e. The molecule has 0 radical (unpaired) electrons. The van der Waals surface area contributed by atoms with Gasteiger partial charge in [-0.15, -0.1) is 0 Å². The van der Waals surface area contributed by atoms with Crippen LogP contribution in [-0.4, -0.2) is 33.3 Å². The molecular formula is C47H56BN3O2. The minimum absolute atomic E-state index is 0.255. The molecular weight excluding hydrogens is 649 g/mol. The Morgan fingerprint density at radius 1 is 0.698 bits per heavy atom. The molecule has 4 unspecified atom stereocenters. The molecule has 53 heavy (non-hydrogen) atoms. The lowest BCUT2D eigenvalue weighted by Crippen LogP contribution is -2.41. The van der Waals surface area contributed by atoms with Crippen LogP contribution in [0.2, 0.25) is 0 Å². The summed E-state index contributed by atoms with van der Waals surface area (Å²) in [6, 6.07) is 0.